The van der Waals surface area contributed by atoms with Crippen LogP contribution in [0.5, 0.6) is 0 Å². The normalized spacial score (nSPS) is 32.1. The Morgan fingerprint density at radius 1 is 1.50 bits per heavy atom. The van der Waals surface area contributed by atoms with Gasteiger partial charge in [0.2, 0.25) is 0 Å². The molecule has 1 aliphatic carbocycles. The summed E-state index contributed by atoms with van der Waals surface area (Å²) in [5.41, 5.74) is 6.77. The highest BCUT2D eigenvalue weighted by Crippen LogP contribution is 2.40. The first-order valence-corrected chi connectivity index (χ1v) is 7.73. The molecule has 3 N–H and O–H groups in total. The molecular formula is C13H16IN3O3. The van der Waals surface area contributed by atoms with Crippen LogP contribution in [0.25, 0.3) is 0 Å². The van der Waals surface area contributed by atoms with E-state index >= 15 is 0 Å². The summed E-state index contributed by atoms with van der Waals surface area (Å²) in [6.45, 7) is 0.751. The second kappa shape index (κ2) is 5.45. The molecule has 0 aromatic heterocycles. The first-order valence-electron chi connectivity index (χ1n) is 6.65. The Morgan fingerprint density at radius 3 is 3.05 bits per heavy atom. The third-order valence-electron chi connectivity index (χ3n) is 4.16. The van der Waals surface area contributed by atoms with E-state index in [1.807, 2.05) is 6.07 Å². The standard InChI is InChI=1S/C13H16IN3O3/c14-7-3-4-9(10(6-7)17(18)19)16-12-11(15)8-2-1-5-20-13(8)12/h3-4,6,8,11-13,16H,1-2,5,15H2. The number of rotatable bonds is 3. The third kappa shape index (κ3) is 2.38. The molecule has 1 aromatic rings. The van der Waals surface area contributed by atoms with Crippen LogP contribution in [0, 0.1) is 19.6 Å². The van der Waals surface area contributed by atoms with Gasteiger partial charge in [0.15, 0.2) is 0 Å². The van der Waals surface area contributed by atoms with Crippen molar-refractivity contribution in [1.82, 2.24) is 0 Å². The Kier molecular flexibility index (Phi) is 3.83. The van der Waals surface area contributed by atoms with Crippen molar-refractivity contribution >= 4 is 34.0 Å². The van der Waals surface area contributed by atoms with Gasteiger partial charge in [0.05, 0.1) is 17.1 Å². The van der Waals surface area contributed by atoms with Gasteiger partial charge in [-0.2, -0.15) is 0 Å². The minimum Gasteiger partial charge on any atom is -0.376 e. The zero-order valence-electron chi connectivity index (χ0n) is 10.8. The lowest BCUT2D eigenvalue weighted by Gasteiger charge is -2.52. The summed E-state index contributed by atoms with van der Waals surface area (Å²) in [6.07, 6.45) is 2.21. The Morgan fingerprint density at radius 2 is 2.30 bits per heavy atom. The number of nitrogens with zero attached hydrogens (tertiary/aromatic N) is 1. The fraction of sp³-hybridized carbons (Fsp3) is 0.538. The Balaban J connectivity index is 1.80. The molecule has 3 rings (SSSR count). The lowest BCUT2D eigenvalue weighted by molar-refractivity contribution is -0.384. The van der Waals surface area contributed by atoms with Gasteiger partial charge < -0.3 is 15.8 Å². The first kappa shape index (κ1) is 14.0. The number of ether oxygens (including phenoxy) is 1. The second-order valence-corrected chi connectivity index (χ2v) is 6.55. The molecule has 20 heavy (non-hydrogen) atoms. The van der Waals surface area contributed by atoms with Crippen molar-refractivity contribution < 1.29 is 9.66 Å². The Bertz CT molecular complexity index is 540. The van der Waals surface area contributed by atoms with Crippen LogP contribution in [0.3, 0.4) is 0 Å². The summed E-state index contributed by atoms with van der Waals surface area (Å²) in [5, 5.41) is 14.3. The van der Waals surface area contributed by atoms with Gasteiger partial charge in [0, 0.05) is 28.2 Å². The van der Waals surface area contributed by atoms with Crippen LogP contribution in [0.15, 0.2) is 18.2 Å². The maximum Gasteiger partial charge on any atom is 0.293 e. The summed E-state index contributed by atoms with van der Waals surface area (Å²) >= 11 is 2.06. The van der Waals surface area contributed by atoms with Crippen molar-refractivity contribution in [3.63, 3.8) is 0 Å². The number of benzene rings is 1. The monoisotopic (exact) mass is 389 g/mol. The maximum atomic E-state index is 11.1. The number of anilines is 1. The van der Waals surface area contributed by atoms with Crippen molar-refractivity contribution in [2.24, 2.45) is 11.7 Å². The molecule has 1 saturated heterocycles. The highest BCUT2D eigenvalue weighted by atomic mass is 127. The Hall–Kier alpha value is -0.930. The van der Waals surface area contributed by atoms with Gasteiger partial charge in [-0.05, 0) is 47.6 Å². The molecule has 1 aliphatic heterocycles. The predicted molar refractivity (Wildman–Crippen MR) is 83.7 cm³/mol. The summed E-state index contributed by atoms with van der Waals surface area (Å²) in [5.74, 6) is 0.379. The highest BCUT2D eigenvalue weighted by molar-refractivity contribution is 14.1. The van der Waals surface area contributed by atoms with E-state index in [0.717, 1.165) is 23.0 Å². The largest absolute Gasteiger partial charge is 0.376 e. The van der Waals surface area contributed by atoms with Crippen molar-refractivity contribution in [2.45, 2.75) is 31.0 Å². The number of nitro groups is 1. The number of hydrogen-bond donors (Lipinski definition) is 2. The molecule has 0 bridgehead atoms. The van der Waals surface area contributed by atoms with Crippen LogP contribution in [0.1, 0.15) is 12.8 Å². The van der Waals surface area contributed by atoms with Crippen LogP contribution in [0.4, 0.5) is 11.4 Å². The lowest BCUT2D eigenvalue weighted by atomic mass is 9.68. The smallest absolute Gasteiger partial charge is 0.293 e. The van der Waals surface area contributed by atoms with E-state index in [1.165, 1.54) is 0 Å². The molecule has 1 heterocycles. The topological polar surface area (TPSA) is 90.4 Å². The van der Waals surface area contributed by atoms with E-state index in [9.17, 15) is 10.1 Å². The van der Waals surface area contributed by atoms with E-state index in [2.05, 4.69) is 27.9 Å². The van der Waals surface area contributed by atoms with E-state index in [0.29, 0.717) is 11.6 Å². The molecular weight excluding hydrogens is 373 g/mol. The van der Waals surface area contributed by atoms with Crippen LogP contribution in [-0.2, 0) is 4.74 Å². The highest BCUT2D eigenvalue weighted by Gasteiger charge is 2.50. The zero-order valence-corrected chi connectivity index (χ0v) is 12.9. The number of nitrogens with one attached hydrogen (secondary N) is 1. The Labute approximate surface area is 130 Å². The lowest BCUT2D eigenvalue weighted by Crippen LogP contribution is -2.69. The van der Waals surface area contributed by atoms with Crippen LogP contribution in [-0.4, -0.2) is 29.7 Å². The summed E-state index contributed by atoms with van der Waals surface area (Å²) in [4.78, 5) is 10.8. The molecule has 0 amide bonds. The molecule has 0 spiro atoms. The van der Waals surface area contributed by atoms with E-state index in [-0.39, 0.29) is 28.8 Å². The van der Waals surface area contributed by atoms with Gasteiger partial charge in [0.1, 0.15) is 5.69 Å². The number of fused-ring (bicyclic) bond motifs is 1. The molecule has 2 aliphatic rings. The van der Waals surface area contributed by atoms with Gasteiger partial charge in [-0.25, -0.2) is 0 Å². The van der Waals surface area contributed by atoms with E-state index in [1.54, 1.807) is 12.1 Å². The SMILES string of the molecule is NC1C2CCCOC2C1Nc1ccc(I)cc1[N+](=O)[O-]. The summed E-state index contributed by atoms with van der Waals surface area (Å²) in [6, 6.07) is 5.10. The number of halogens is 1. The summed E-state index contributed by atoms with van der Waals surface area (Å²) in [7, 11) is 0. The predicted octanol–water partition coefficient (Wildman–Crippen LogP) is 2.12. The minimum absolute atomic E-state index is 0.000757. The average Bonchev–Trinajstić information content (AvgIpc) is 2.45. The van der Waals surface area contributed by atoms with E-state index < -0.39 is 0 Å². The van der Waals surface area contributed by atoms with Crippen molar-refractivity contribution in [3.05, 3.63) is 31.9 Å². The molecule has 2 fully saturated rings. The second-order valence-electron chi connectivity index (χ2n) is 5.31. The van der Waals surface area contributed by atoms with Crippen molar-refractivity contribution in [3.8, 4) is 0 Å². The fourth-order valence-electron chi connectivity index (χ4n) is 3.08. The molecule has 7 heteroatoms. The van der Waals surface area contributed by atoms with E-state index in [4.69, 9.17) is 10.5 Å². The number of nitrogens with two attached hydrogens (primary N) is 1. The van der Waals surface area contributed by atoms with Crippen LogP contribution < -0.4 is 11.1 Å². The fourth-order valence-corrected chi connectivity index (χ4v) is 3.56. The van der Waals surface area contributed by atoms with Gasteiger partial charge in [-0.15, -0.1) is 0 Å². The first-order chi connectivity index (χ1) is 9.58. The number of hydrogen-bond acceptors (Lipinski definition) is 5. The van der Waals surface area contributed by atoms with Crippen molar-refractivity contribution in [1.29, 1.82) is 0 Å². The molecule has 1 saturated carbocycles. The van der Waals surface area contributed by atoms with Gasteiger partial charge in [-0.3, -0.25) is 10.1 Å². The zero-order chi connectivity index (χ0) is 14.3. The van der Waals surface area contributed by atoms with Gasteiger partial charge in [-0.1, -0.05) is 0 Å². The van der Waals surface area contributed by atoms with Crippen molar-refractivity contribution in [2.75, 3.05) is 11.9 Å². The molecule has 6 nitrogen and oxygen atoms in total. The average molecular weight is 389 g/mol. The van der Waals surface area contributed by atoms with Gasteiger partial charge in [0.25, 0.3) is 5.69 Å². The molecule has 0 radical (unpaired) electrons. The quantitative estimate of drug-likeness (QED) is 0.470. The molecule has 4 unspecified atom stereocenters. The molecule has 4 atom stereocenters. The number of nitro benzene ring substituents is 1. The molecule has 1 aromatic carbocycles. The van der Waals surface area contributed by atoms with Crippen LogP contribution in [0.2, 0.25) is 0 Å². The van der Waals surface area contributed by atoms with Gasteiger partial charge >= 0.3 is 0 Å². The third-order valence-corrected chi connectivity index (χ3v) is 4.83. The minimum atomic E-state index is -0.367. The molecule has 108 valence electrons. The summed E-state index contributed by atoms with van der Waals surface area (Å²) < 4.78 is 6.58. The maximum absolute atomic E-state index is 11.1. The van der Waals surface area contributed by atoms with Crippen LogP contribution >= 0.6 is 22.6 Å².